The van der Waals surface area contributed by atoms with Crippen LogP contribution in [-0.2, 0) is 0 Å². The van der Waals surface area contributed by atoms with E-state index in [0.717, 1.165) is 6.07 Å². The van der Waals surface area contributed by atoms with Crippen LogP contribution in [0.3, 0.4) is 0 Å². The van der Waals surface area contributed by atoms with Gasteiger partial charge in [-0.25, -0.2) is 4.99 Å². The lowest BCUT2D eigenvalue weighted by Gasteiger charge is -2.04. The molecular weight excluding hydrogens is 282 g/mol. The van der Waals surface area contributed by atoms with Crippen LogP contribution >= 0.6 is 12.4 Å². The Morgan fingerprint density at radius 1 is 1.20 bits per heavy atom. The minimum atomic E-state index is -0.589. The third kappa shape index (κ3) is 3.46. The zero-order valence-electron chi connectivity index (χ0n) is 10.3. The molecule has 0 saturated heterocycles. The number of amidine groups is 1. The predicted octanol–water partition coefficient (Wildman–Crippen LogP) is 2.76. The van der Waals surface area contributed by atoms with E-state index in [0.29, 0.717) is 5.69 Å². The van der Waals surface area contributed by atoms with E-state index < -0.39 is 4.92 Å². The van der Waals surface area contributed by atoms with E-state index in [1.165, 1.54) is 12.1 Å². The summed E-state index contributed by atoms with van der Waals surface area (Å²) >= 11 is 0. The number of nitro groups is 1. The van der Waals surface area contributed by atoms with Gasteiger partial charge >= 0.3 is 0 Å². The number of phenolic OH excluding ortho intramolecular Hbond substituents is 1. The summed E-state index contributed by atoms with van der Waals surface area (Å²) in [6.45, 7) is 0. The molecule has 0 atom stereocenters. The Bertz CT molecular complexity index is 645. The fourth-order valence-corrected chi connectivity index (χ4v) is 1.55. The minimum absolute atomic E-state index is 0. The molecule has 0 radical (unpaired) electrons. The predicted molar refractivity (Wildman–Crippen MR) is 78.8 cm³/mol. The second kappa shape index (κ2) is 6.53. The molecule has 3 N–H and O–H groups in total. The zero-order chi connectivity index (χ0) is 13.8. The summed E-state index contributed by atoms with van der Waals surface area (Å²) in [7, 11) is 0. The molecule has 2 aromatic carbocycles. The highest BCUT2D eigenvalue weighted by atomic mass is 35.5. The van der Waals surface area contributed by atoms with Crippen LogP contribution in [0.4, 0.5) is 11.4 Å². The van der Waals surface area contributed by atoms with Gasteiger partial charge in [0.15, 0.2) is 0 Å². The van der Waals surface area contributed by atoms with Crippen LogP contribution in [0, 0.1) is 10.1 Å². The highest BCUT2D eigenvalue weighted by molar-refractivity contribution is 6.01. The third-order valence-corrected chi connectivity index (χ3v) is 2.47. The molecule has 0 heterocycles. The lowest BCUT2D eigenvalue weighted by atomic mass is 10.1. The van der Waals surface area contributed by atoms with Crippen molar-refractivity contribution in [2.24, 2.45) is 10.7 Å². The largest absolute Gasteiger partial charge is 0.507 e. The van der Waals surface area contributed by atoms with Crippen molar-refractivity contribution in [3.05, 3.63) is 64.2 Å². The van der Waals surface area contributed by atoms with Gasteiger partial charge in [0.25, 0.3) is 5.69 Å². The smallest absolute Gasteiger partial charge is 0.273 e. The first-order chi connectivity index (χ1) is 9.08. The van der Waals surface area contributed by atoms with Gasteiger partial charge in [0.2, 0.25) is 0 Å². The lowest BCUT2D eigenvalue weighted by molar-refractivity contribution is -0.384. The van der Waals surface area contributed by atoms with E-state index in [1.54, 1.807) is 12.1 Å². The van der Waals surface area contributed by atoms with Crippen molar-refractivity contribution in [1.29, 1.82) is 0 Å². The Kier molecular flexibility index (Phi) is 5.05. The summed E-state index contributed by atoms with van der Waals surface area (Å²) in [5.74, 6) is -0.176. The number of benzene rings is 2. The van der Waals surface area contributed by atoms with Crippen LogP contribution in [0.25, 0.3) is 0 Å². The first-order valence-corrected chi connectivity index (χ1v) is 5.45. The van der Waals surface area contributed by atoms with Crippen LogP contribution in [0.5, 0.6) is 5.75 Å². The number of aromatic hydroxyl groups is 1. The van der Waals surface area contributed by atoms with Crippen molar-refractivity contribution < 1.29 is 10.0 Å². The second-order valence-electron chi connectivity index (χ2n) is 3.79. The molecule has 0 spiro atoms. The summed E-state index contributed by atoms with van der Waals surface area (Å²) in [5, 5.41) is 20.3. The van der Waals surface area contributed by atoms with E-state index in [1.807, 2.05) is 18.2 Å². The Morgan fingerprint density at radius 2 is 1.85 bits per heavy atom. The van der Waals surface area contributed by atoms with Crippen LogP contribution in [0.1, 0.15) is 5.56 Å². The number of rotatable bonds is 3. The number of nitrogens with zero attached hydrogens (tertiary/aromatic N) is 2. The number of hydrogen-bond acceptors (Lipinski definition) is 4. The van der Waals surface area contributed by atoms with Gasteiger partial charge in [0.05, 0.1) is 22.2 Å². The maximum atomic E-state index is 10.6. The average molecular weight is 294 g/mol. The maximum absolute atomic E-state index is 10.6. The van der Waals surface area contributed by atoms with Gasteiger partial charge < -0.3 is 10.8 Å². The first kappa shape index (κ1) is 15.5. The molecule has 0 aliphatic heterocycles. The van der Waals surface area contributed by atoms with E-state index in [9.17, 15) is 15.2 Å². The Hall–Kier alpha value is -2.60. The highest BCUT2D eigenvalue weighted by Gasteiger charge is 2.12. The standard InChI is InChI=1S/C13H11N3O3.ClH/c14-13(15-9-4-2-1-3-5-9)11-7-6-10(16(18)19)8-12(11)17;/h1-8,17H,(H2,14,15);1H. The molecule has 2 aromatic rings. The molecule has 0 aliphatic rings. The lowest BCUT2D eigenvalue weighted by Crippen LogP contribution is -2.13. The number of non-ortho nitro benzene ring substituents is 1. The molecule has 0 fully saturated rings. The van der Waals surface area contributed by atoms with Crippen molar-refractivity contribution in [3.8, 4) is 5.75 Å². The summed E-state index contributed by atoms with van der Waals surface area (Å²) in [6.07, 6.45) is 0. The Morgan fingerprint density at radius 3 is 2.40 bits per heavy atom. The summed E-state index contributed by atoms with van der Waals surface area (Å²) in [4.78, 5) is 14.1. The molecule has 0 bridgehead atoms. The first-order valence-electron chi connectivity index (χ1n) is 5.45. The fraction of sp³-hybridized carbons (Fsp3) is 0. The molecule has 0 amide bonds. The number of para-hydroxylation sites is 1. The molecule has 2 rings (SSSR count). The molecular formula is C13H12ClN3O3. The molecule has 6 nitrogen and oxygen atoms in total. The van der Waals surface area contributed by atoms with Crippen molar-refractivity contribution in [3.63, 3.8) is 0 Å². The molecule has 104 valence electrons. The normalized spacial score (nSPS) is 10.7. The maximum Gasteiger partial charge on any atom is 0.273 e. The van der Waals surface area contributed by atoms with E-state index in [2.05, 4.69) is 4.99 Å². The van der Waals surface area contributed by atoms with Crippen molar-refractivity contribution >= 4 is 29.6 Å². The van der Waals surface area contributed by atoms with Gasteiger partial charge in [-0.2, -0.15) is 0 Å². The van der Waals surface area contributed by atoms with Gasteiger partial charge in [-0.1, -0.05) is 18.2 Å². The van der Waals surface area contributed by atoms with E-state index >= 15 is 0 Å². The van der Waals surface area contributed by atoms with Gasteiger partial charge in [-0.3, -0.25) is 10.1 Å². The van der Waals surface area contributed by atoms with Crippen molar-refractivity contribution in [2.75, 3.05) is 0 Å². The van der Waals surface area contributed by atoms with Crippen LogP contribution < -0.4 is 5.73 Å². The zero-order valence-corrected chi connectivity index (χ0v) is 11.1. The van der Waals surface area contributed by atoms with Gasteiger partial charge in [-0.05, 0) is 18.2 Å². The monoisotopic (exact) mass is 293 g/mol. The summed E-state index contributed by atoms with van der Waals surface area (Å²) in [5.41, 5.74) is 6.47. The number of phenols is 1. The number of aliphatic imine (C=N–C) groups is 1. The van der Waals surface area contributed by atoms with Crippen LogP contribution in [0.15, 0.2) is 53.5 Å². The third-order valence-electron chi connectivity index (χ3n) is 2.47. The molecule has 0 unspecified atom stereocenters. The topological polar surface area (TPSA) is 102 Å². The Labute approximate surface area is 121 Å². The molecule has 20 heavy (non-hydrogen) atoms. The van der Waals surface area contributed by atoms with Crippen molar-refractivity contribution in [1.82, 2.24) is 0 Å². The number of hydrogen-bond donors (Lipinski definition) is 2. The Balaban J connectivity index is 0.00000200. The quantitative estimate of drug-likeness (QED) is 0.393. The summed E-state index contributed by atoms with van der Waals surface area (Å²) in [6, 6.07) is 12.7. The average Bonchev–Trinajstić information content (AvgIpc) is 2.39. The molecule has 0 aliphatic carbocycles. The van der Waals surface area contributed by atoms with Crippen LogP contribution in [-0.4, -0.2) is 15.9 Å². The highest BCUT2D eigenvalue weighted by Crippen LogP contribution is 2.24. The molecule has 0 aromatic heterocycles. The van der Waals surface area contributed by atoms with E-state index in [4.69, 9.17) is 5.73 Å². The number of halogens is 1. The van der Waals surface area contributed by atoms with Gasteiger partial charge in [-0.15, -0.1) is 12.4 Å². The SMILES string of the molecule is Cl.NC(=Nc1ccccc1)c1ccc([N+](=O)[O-])cc1O. The molecule has 7 heteroatoms. The van der Waals surface area contributed by atoms with Crippen molar-refractivity contribution in [2.45, 2.75) is 0 Å². The second-order valence-corrected chi connectivity index (χ2v) is 3.79. The van der Waals surface area contributed by atoms with Gasteiger partial charge in [0.1, 0.15) is 11.6 Å². The molecule has 0 saturated carbocycles. The number of nitrogens with two attached hydrogens (primary N) is 1. The fourth-order valence-electron chi connectivity index (χ4n) is 1.55. The summed E-state index contributed by atoms with van der Waals surface area (Å²) < 4.78 is 0. The van der Waals surface area contributed by atoms with E-state index in [-0.39, 0.29) is 35.2 Å². The number of nitro benzene ring substituents is 1. The minimum Gasteiger partial charge on any atom is -0.507 e. The van der Waals surface area contributed by atoms with Crippen LogP contribution in [0.2, 0.25) is 0 Å². The van der Waals surface area contributed by atoms with Gasteiger partial charge in [0, 0.05) is 6.07 Å².